The standard InChI is InChI=1S/C16H12N4O2S/c21-20(22)13-7-3-5-12(11-13)6-4-10-17-19-16-18-14-8-1-2-9-15(14)23-16/h1-11H,(H,18,19)/b6-4+,17-10-. The van der Waals surface area contributed by atoms with E-state index in [1.54, 1.807) is 30.5 Å². The van der Waals surface area contributed by atoms with Crippen molar-refractivity contribution < 1.29 is 4.92 Å². The van der Waals surface area contributed by atoms with Crippen LogP contribution in [0.25, 0.3) is 16.3 Å². The minimum absolute atomic E-state index is 0.0664. The smallest absolute Gasteiger partial charge is 0.258 e. The summed E-state index contributed by atoms with van der Waals surface area (Å²) in [6.07, 6.45) is 5.03. The normalized spacial score (nSPS) is 11.5. The number of anilines is 1. The Balaban J connectivity index is 1.62. The number of allylic oxidation sites excluding steroid dienone is 1. The molecule has 0 spiro atoms. The van der Waals surface area contributed by atoms with Gasteiger partial charge in [0.25, 0.3) is 5.69 Å². The summed E-state index contributed by atoms with van der Waals surface area (Å²) < 4.78 is 1.09. The predicted molar refractivity (Wildman–Crippen MR) is 93.9 cm³/mol. The highest BCUT2D eigenvalue weighted by Gasteiger charge is 2.03. The monoisotopic (exact) mass is 324 g/mol. The molecule has 1 aromatic heterocycles. The second kappa shape index (κ2) is 6.80. The number of hydrazone groups is 1. The van der Waals surface area contributed by atoms with E-state index in [2.05, 4.69) is 15.5 Å². The Morgan fingerprint density at radius 3 is 2.91 bits per heavy atom. The molecule has 0 atom stereocenters. The van der Waals surface area contributed by atoms with Crippen LogP contribution in [0.1, 0.15) is 5.56 Å². The number of nitro groups is 1. The fourth-order valence-corrected chi connectivity index (χ4v) is 2.77. The number of para-hydroxylation sites is 1. The maximum absolute atomic E-state index is 10.7. The Hall–Kier alpha value is -3.06. The van der Waals surface area contributed by atoms with Crippen molar-refractivity contribution in [3.05, 3.63) is 70.3 Å². The molecule has 0 saturated heterocycles. The number of rotatable bonds is 5. The summed E-state index contributed by atoms with van der Waals surface area (Å²) in [5, 5.41) is 15.5. The highest BCUT2D eigenvalue weighted by molar-refractivity contribution is 7.22. The number of nitrogens with one attached hydrogen (secondary N) is 1. The third-order valence-electron chi connectivity index (χ3n) is 2.98. The van der Waals surface area contributed by atoms with Gasteiger partial charge in [-0.15, -0.1) is 0 Å². The number of thiazole rings is 1. The van der Waals surface area contributed by atoms with Crippen LogP contribution in [0.3, 0.4) is 0 Å². The van der Waals surface area contributed by atoms with Crippen LogP contribution >= 0.6 is 11.3 Å². The fourth-order valence-electron chi connectivity index (χ4n) is 1.95. The summed E-state index contributed by atoms with van der Waals surface area (Å²) in [4.78, 5) is 14.7. The van der Waals surface area contributed by atoms with Crippen LogP contribution in [0, 0.1) is 10.1 Å². The molecule has 3 rings (SSSR count). The molecule has 114 valence electrons. The first-order valence-corrected chi connectivity index (χ1v) is 7.60. The lowest BCUT2D eigenvalue weighted by Crippen LogP contribution is -1.87. The molecule has 0 aliphatic carbocycles. The SMILES string of the molecule is O=[N+]([O-])c1cccc(/C=C/C=N\Nc2nc3ccccc3s2)c1. The second-order valence-corrected chi connectivity index (χ2v) is 5.62. The molecule has 0 radical (unpaired) electrons. The van der Waals surface area contributed by atoms with E-state index in [-0.39, 0.29) is 5.69 Å². The molecule has 0 bridgehead atoms. The van der Waals surface area contributed by atoms with Crippen LogP contribution in [-0.2, 0) is 0 Å². The first-order chi connectivity index (χ1) is 11.2. The number of benzene rings is 2. The largest absolute Gasteiger partial charge is 0.270 e. The predicted octanol–water partition coefficient (Wildman–Crippen LogP) is 4.32. The topological polar surface area (TPSA) is 80.4 Å². The van der Waals surface area contributed by atoms with Crippen molar-refractivity contribution in [3.8, 4) is 0 Å². The third kappa shape index (κ3) is 3.78. The molecule has 3 aromatic rings. The van der Waals surface area contributed by atoms with Gasteiger partial charge in [0.05, 0.1) is 15.1 Å². The Labute approximate surface area is 136 Å². The highest BCUT2D eigenvalue weighted by Crippen LogP contribution is 2.25. The van der Waals surface area contributed by atoms with Gasteiger partial charge in [-0.1, -0.05) is 41.7 Å². The van der Waals surface area contributed by atoms with E-state index in [9.17, 15) is 10.1 Å². The molecule has 0 fully saturated rings. The van der Waals surface area contributed by atoms with Gasteiger partial charge in [-0.25, -0.2) is 4.98 Å². The van der Waals surface area contributed by atoms with Gasteiger partial charge in [-0.2, -0.15) is 5.10 Å². The van der Waals surface area contributed by atoms with Gasteiger partial charge in [0, 0.05) is 18.3 Å². The third-order valence-corrected chi connectivity index (χ3v) is 3.93. The van der Waals surface area contributed by atoms with Crippen molar-refractivity contribution in [1.82, 2.24) is 4.98 Å². The fraction of sp³-hybridized carbons (Fsp3) is 0. The molecule has 6 nitrogen and oxygen atoms in total. The molecule has 2 aromatic carbocycles. The minimum Gasteiger partial charge on any atom is -0.258 e. The Bertz CT molecular complexity index is 869. The van der Waals surface area contributed by atoms with Crippen molar-refractivity contribution in [2.75, 3.05) is 5.43 Å². The van der Waals surface area contributed by atoms with E-state index in [0.29, 0.717) is 5.13 Å². The number of aromatic nitrogens is 1. The lowest BCUT2D eigenvalue weighted by molar-refractivity contribution is -0.384. The summed E-state index contributed by atoms with van der Waals surface area (Å²) in [7, 11) is 0. The van der Waals surface area contributed by atoms with E-state index < -0.39 is 4.92 Å². The maximum Gasteiger partial charge on any atom is 0.270 e. The molecule has 0 aliphatic heterocycles. The molecule has 7 heteroatoms. The summed E-state index contributed by atoms with van der Waals surface area (Å²) in [6, 6.07) is 14.3. The second-order valence-electron chi connectivity index (χ2n) is 4.59. The molecule has 23 heavy (non-hydrogen) atoms. The van der Waals surface area contributed by atoms with Gasteiger partial charge < -0.3 is 0 Å². The minimum atomic E-state index is -0.417. The van der Waals surface area contributed by atoms with Gasteiger partial charge in [0.1, 0.15) is 0 Å². The molecule has 1 heterocycles. The number of hydrogen-bond acceptors (Lipinski definition) is 6. The average molecular weight is 324 g/mol. The van der Waals surface area contributed by atoms with E-state index in [1.807, 2.05) is 24.3 Å². The quantitative estimate of drug-likeness (QED) is 0.430. The van der Waals surface area contributed by atoms with E-state index in [1.165, 1.54) is 23.5 Å². The molecule has 0 aliphatic rings. The van der Waals surface area contributed by atoms with Crippen molar-refractivity contribution in [2.24, 2.45) is 5.10 Å². The number of nitro benzene ring substituents is 1. The molecular formula is C16H12N4O2S. The van der Waals surface area contributed by atoms with Gasteiger partial charge in [-0.05, 0) is 23.8 Å². The van der Waals surface area contributed by atoms with Gasteiger partial charge in [0.2, 0.25) is 5.13 Å². The van der Waals surface area contributed by atoms with Crippen LogP contribution in [0.15, 0.2) is 59.7 Å². The Kier molecular flexibility index (Phi) is 4.39. The molecule has 0 unspecified atom stereocenters. The first kappa shape index (κ1) is 14.9. The lowest BCUT2D eigenvalue weighted by atomic mass is 10.2. The van der Waals surface area contributed by atoms with Crippen LogP contribution in [0.2, 0.25) is 0 Å². The summed E-state index contributed by atoms with van der Waals surface area (Å²) in [6.45, 7) is 0. The highest BCUT2D eigenvalue weighted by atomic mass is 32.1. The van der Waals surface area contributed by atoms with Gasteiger partial charge >= 0.3 is 0 Å². The average Bonchev–Trinajstić information content (AvgIpc) is 2.97. The van der Waals surface area contributed by atoms with Crippen LogP contribution in [0.5, 0.6) is 0 Å². The van der Waals surface area contributed by atoms with E-state index in [0.717, 1.165) is 15.8 Å². The first-order valence-electron chi connectivity index (χ1n) is 6.78. The zero-order valence-corrected chi connectivity index (χ0v) is 12.7. The Morgan fingerprint density at radius 2 is 2.09 bits per heavy atom. The summed E-state index contributed by atoms with van der Waals surface area (Å²) in [5.41, 5.74) is 4.61. The molecule has 1 N–H and O–H groups in total. The number of hydrogen-bond donors (Lipinski definition) is 1. The number of fused-ring (bicyclic) bond motifs is 1. The van der Waals surface area contributed by atoms with Gasteiger partial charge in [0.15, 0.2) is 0 Å². The molecule has 0 saturated carbocycles. The van der Waals surface area contributed by atoms with Crippen LogP contribution in [0.4, 0.5) is 10.8 Å². The van der Waals surface area contributed by atoms with Crippen LogP contribution in [-0.4, -0.2) is 16.1 Å². The van der Waals surface area contributed by atoms with Crippen molar-refractivity contribution in [3.63, 3.8) is 0 Å². The van der Waals surface area contributed by atoms with Gasteiger partial charge in [-0.3, -0.25) is 15.5 Å². The number of nitrogens with zero attached hydrogens (tertiary/aromatic N) is 3. The Morgan fingerprint density at radius 1 is 1.22 bits per heavy atom. The van der Waals surface area contributed by atoms with E-state index >= 15 is 0 Å². The van der Waals surface area contributed by atoms with E-state index in [4.69, 9.17) is 0 Å². The van der Waals surface area contributed by atoms with Crippen molar-refractivity contribution in [1.29, 1.82) is 0 Å². The summed E-state index contributed by atoms with van der Waals surface area (Å²) >= 11 is 1.52. The number of non-ortho nitro benzene ring substituents is 1. The zero-order chi connectivity index (χ0) is 16.1. The van der Waals surface area contributed by atoms with Crippen molar-refractivity contribution >= 4 is 44.7 Å². The molecule has 0 amide bonds. The lowest BCUT2D eigenvalue weighted by Gasteiger charge is -1.93. The van der Waals surface area contributed by atoms with Crippen LogP contribution < -0.4 is 5.43 Å². The van der Waals surface area contributed by atoms with Crippen molar-refractivity contribution in [2.45, 2.75) is 0 Å². The maximum atomic E-state index is 10.7. The summed E-state index contributed by atoms with van der Waals surface area (Å²) in [5.74, 6) is 0. The molecular weight excluding hydrogens is 312 g/mol. The zero-order valence-electron chi connectivity index (χ0n) is 11.9.